The summed E-state index contributed by atoms with van der Waals surface area (Å²) in [4.78, 5) is 14.4. The quantitative estimate of drug-likeness (QED) is 0.334. The molecule has 1 heterocycles. The van der Waals surface area contributed by atoms with Crippen LogP contribution in [-0.4, -0.2) is 9.91 Å². The highest BCUT2D eigenvalue weighted by atomic mass is 79.9. The van der Waals surface area contributed by atoms with E-state index in [0.29, 0.717) is 5.56 Å². The molecule has 0 bridgehead atoms. The van der Waals surface area contributed by atoms with Gasteiger partial charge in [-0.05, 0) is 35.4 Å². The zero-order chi connectivity index (χ0) is 17.4. The van der Waals surface area contributed by atoms with E-state index in [-0.39, 0.29) is 10.6 Å². The molecule has 0 radical (unpaired) electrons. The average molecular weight is 393 g/mol. The summed E-state index contributed by atoms with van der Waals surface area (Å²) >= 11 is 3.40. The van der Waals surface area contributed by atoms with Crippen LogP contribution in [0.25, 0.3) is 33.3 Å². The van der Waals surface area contributed by atoms with Gasteiger partial charge in [0.2, 0.25) is 0 Å². The van der Waals surface area contributed by atoms with Gasteiger partial charge in [-0.3, -0.25) is 10.1 Å². The SMILES string of the molecule is O=[N+]([O-])c1ccc(Br)cc1-c1ccc2cc(-c3ccccc3)[nH]c2c1. The molecule has 4 nitrogen and oxygen atoms in total. The smallest absolute Gasteiger partial charge is 0.277 e. The minimum atomic E-state index is -0.351. The number of halogens is 1. The van der Waals surface area contributed by atoms with Gasteiger partial charge in [0.15, 0.2) is 0 Å². The third-order valence-electron chi connectivity index (χ3n) is 4.17. The topological polar surface area (TPSA) is 58.9 Å². The van der Waals surface area contributed by atoms with E-state index in [9.17, 15) is 10.1 Å². The molecule has 0 atom stereocenters. The lowest BCUT2D eigenvalue weighted by molar-refractivity contribution is -0.384. The van der Waals surface area contributed by atoms with Crippen LogP contribution in [-0.2, 0) is 0 Å². The first-order chi connectivity index (χ1) is 12.1. The molecular formula is C20H13BrN2O2. The number of nitro groups is 1. The summed E-state index contributed by atoms with van der Waals surface area (Å²) in [5.74, 6) is 0. The fraction of sp³-hybridized carbons (Fsp3) is 0. The van der Waals surface area contributed by atoms with Crippen molar-refractivity contribution in [2.24, 2.45) is 0 Å². The van der Waals surface area contributed by atoms with Gasteiger partial charge in [-0.15, -0.1) is 0 Å². The number of rotatable bonds is 3. The van der Waals surface area contributed by atoms with E-state index in [1.165, 1.54) is 6.07 Å². The number of nitrogens with zero attached hydrogens (tertiary/aromatic N) is 1. The van der Waals surface area contributed by atoms with Crippen LogP contribution in [0.2, 0.25) is 0 Å². The Morgan fingerprint density at radius 2 is 1.68 bits per heavy atom. The molecular weight excluding hydrogens is 380 g/mol. The summed E-state index contributed by atoms with van der Waals surface area (Å²) in [6.45, 7) is 0. The van der Waals surface area contributed by atoms with Crippen molar-refractivity contribution in [2.45, 2.75) is 0 Å². The number of benzene rings is 3. The molecule has 0 aliphatic carbocycles. The van der Waals surface area contributed by atoms with E-state index >= 15 is 0 Å². The Bertz CT molecular complexity index is 1090. The lowest BCUT2D eigenvalue weighted by Gasteiger charge is -2.04. The zero-order valence-electron chi connectivity index (χ0n) is 13.1. The van der Waals surface area contributed by atoms with E-state index in [1.807, 2.05) is 48.5 Å². The van der Waals surface area contributed by atoms with E-state index in [1.54, 1.807) is 12.1 Å². The first-order valence-electron chi connectivity index (χ1n) is 7.74. The third kappa shape index (κ3) is 2.94. The van der Waals surface area contributed by atoms with Crippen LogP contribution >= 0.6 is 15.9 Å². The normalized spacial score (nSPS) is 10.9. The van der Waals surface area contributed by atoms with Crippen molar-refractivity contribution in [3.8, 4) is 22.4 Å². The molecule has 0 spiro atoms. The van der Waals surface area contributed by atoms with Crippen molar-refractivity contribution in [1.82, 2.24) is 4.98 Å². The summed E-state index contributed by atoms with van der Waals surface area (Å²) in [5, 5.41) is 12.4. The van der Waals surface area contributed by atoms with Gasteiger partial charge >= 0.3 is 0 Å². The standard InChI is InChI=1S/C20H13BrN2O2/c21-16-8-9-20(23(24)25)17(12-16)14-6-7-15-11-18(22-19(15)10-14)13-4-2-1-3-5-13/h1-12,22H. The molecule has 1 aromatic heterocycles. The molecule has 5 heteroatoms. The molecule has 0 aliphatic heterocycles. The molecule has 122 valence electrons. The fourth-order valence-corrected chi connectivity index (χ4v) is 3.33. The Morgan fingerprint density at radius 1 is 0.880 bits per heavy atom. The molecule has 0 saturated heterocycles. The number of nitro benzene ring substituents is 1. The maximum absolute atomic E-state index is 11.3. The largest absolute Gasteiger partial charge is 0.355 e. The number of aromatic amines is 1. The number of nitrogens with one attached hydrogen (secondary N) is 1. The van der Waals surface area contributed by atoms with E-state index in [0.717, 1.165) is 32.2 Å². The zero-order valence-corrected chi connectivity index (χ0v) is 14.7. The average Bonchev–Trinajstić information content (AvgIpc) is 3.05. The van der Waals surface area contributed by atoms with Crippen LogP contribution in [0.4, 0.5) is 5.69 Å². The first kappa shape index (κ1) is 15.6. The maximum atomic E-state index is 11.3. The van der Waals surface area contributed by atoms with Crippen molar-refractivity contribution in [3.05, 3.63) is 87.4 Å². The molecule has 1 N–H and O–H groups in total. The van der Waals surface area contributed by atoms with Crippen LogP contribution in [0.15, 0.2) is 77.3 Å². The van der Waals surface area contributed by atoms with Crippen molar-refractivity contribution in [1.29, 1.82) is 0 Å². The van der Waals surface area contributed by atoms with Gasteiger partial charge in [-0.2, -0.15) is 0 Å². The lowest BCUT2D eigenvalue weighted by Crippen LogP contribution is -1.92. The van der Waals surface area contributed by atoms with Crippen molar-refractivity contribution >= 4 is 32.5 Å². The Morgan fingerprint density at radius 3 is 2.44 bits per heavy atom. The summed E-state index contributed by atoms with van der Waals surface area (Å²) in [7, 11) is 0. The molecule has 0 amide bonds. The van der Waals surface area contributed by atoms with Crippen LogP contribution in [0, 0.1) is 10.1 Å². The highest BCUT2D eigenvalue weighted by Crippen LogP contribution is 2.35. The number of hydrogen-bond acceptors (Lipinski definition) is 2. The molecule has 0 fully saturated rings. The minimum absolute atomic E-state index is 0.0948. The summed E-state index contributed by atoms with van der Waals surface area (Å²) in [6, 6.07) is 23.0. The minimum Gasteiger partial charge on any atom is -0.355 e. The van der Waals surface area contributed by atoms with Gasteiger partial charge in [0.05, 0.1) is 10.5 Å². The fourth-order valence-electron chi connectivity index (χ4n) is 2.97. The molecule has 4 aromatic rings. The molecule has 4 rings (SSSR count). The molecule has 0 aliphatic rings. The summed E-state index contributed by atoms with van der Waals surface area (Å²) in [5.41, 5.74) is 4.58. The van der Waals surface area contributed by atoms with Crippen LogP contribution < -0.4 is 0 Å². The highest BCUT2D eigenvalue weighted by Gasteiger charge is 2.16. The molecule has 0 saturated carbocycles. The number of aromatic nitrogens is 1. The van der Waals surface area contributed by atoms with E-state index < -0.39 is 0 Å². The van der Waals surface area contributed by atoms with Gasteiger partial charge in [0, 0.05) is 27.1 Å². The second kappa shape index (κ2) is 6.18. The van der Waals surface area contributed by atoms with Crippen LogP contribution in [0.1, 0.15) is 0 Å². The Balaban J connectivity index is 1.85. The van der Waals surface area contributed by atoms with Crippen molar-refractivity contribution < 1.29 is 4.92 Å². The number of H-pyrrole nitrogens is 1. The second-order valence-corrected chi connectivity index (χ2v) is 6.69. The van der Waals surface area contributed by atoms with Gasteiger partial charge in [-0.1, -0.05) is 58.4 Å². The Kier molecular flexibility index (Phi) is 3.86. The van der Waals surface area contributed by atoms with Crippen molar-refractivity contribution in [3.63, 3.8) is 0 Å². The number of fused-ring (bicyclic) bond motifs is 1. The second-order valence-electron chi connectivity index (χ2n) is 5.77. The predicted molar refractivity (Wildman–Crippen MR) is 104 cm³/mol. The van der Waals surface area contributed by atoms with E-state index in [4.69, 9.17) is 0 Å². The van der Waals surface area contributed by atoms with Gasteiger partial charge in [0.1, 0.15) is 0 Å². The third-order valence-corrected chi connectivity index (χ3v) is 4.67. The monoisotopic (exact) mass is 392 g/mol. The molecule has 0 unspecified atom stereocenters. The van der Waals surface area contributed by atoms with Gasteiger partial charge in [-0.25, -0.2) is 0 Å². The van der Waals surface area contributed by atoms with Crippen molar-refractivity contribution in [2.75, 3.05) is 0 Å². The summed E-state index contributed by atoms with van der Waals surface area (Å²) in [6.07, 6.45) is 0. The lowest BCUT2D eigenvalue weighted by atomic mass is 10.0. The van der Waals surface area contributed by atoms with Gasteiger partial charge in [0.25, 0.3) is 5.69 Å². The molecule has 3 aromatic carbocycles. The predicted octanol–water partition coefficient (Wildman–Crippen LogP) is 6.17. The number of hydrogen-bond donors (Lipinski definition) is 1. The Labute approximate surface area is 152 Å². The maximum Gasteiger partial charge on any atom is 0.277 e. The first-order valence-corrected chi connectivity index (χ1v) is 8.53. The molecule has 25 heavy (non-hydrogen) atoms. The van der Waals surface area contributed by atoms with Crippen LogP contribution in [0.5, 0.6) is 0 Å². The summed E-state index contributed by atoms with van der Waals surface area (Å²) < 4.78 is 0.810. The highest BCUT2D eigenvalue weighted by molar-refractivity contribution is 9.10. The van der Waals surface area contributed by atoms with Gasteiger partial charge < -0.3 is 4.98 Å². The van der Waals surface area contributed by atoms with E-state index in [2.05, 4.69) is 27.0 Å². The van der Waals surface area contributed by atoms with Crippen LogP contribution in [0.3, 0.4) is 0 Å². The Hall–Kier alpha value is -2.92.